The second kappa shape index (κ2) is 14.7. The van der Waals surface area contributed by atoms with Crippen LogP contribution >= 0.6 is 0 Å². The van der Waals surface area contributed by atoms with Crippen molar-refractivity contribution in [3.8, 4) is 0 Å². The Morgan fingerprint density at radius 2 is 1.51 bits per heavy atom. The minimum atomic E-state index is -0.840. The summed E-state index contributed by atoms with van der Waals surface area (Å²) in [7, 11) is 0. The van der Waals surface area contributed by atoms with E-state index >= 15 is 0 Å². The molecule has 0 aromatic heterocycles. The minimum absolute atomic E-state index is 0.194. The molecule has 0 heterocycles. The molecule has 0 saturated heterocycles. The van der Waals surface area contributed by atoms with Gasteiger partial charge in [0, 0.05) is 13.1 Å². The number of rotatable bonds is 13. The van der Waals surface area contributed by atoms with E-state index in [1.54, 1.807) is 32.6 Å². The van der Waals surface area contributed by atoms with Crippen LogP contribution in [0, 0.1) is 13.8 Å². The summed E-state index contributed by atoms with van der Waals surface area (Å²) in [6.07, 6.45) is 5.03. The van der Waals surface area contributed by atoms with Gasteiger partial charge in [-0.3, -0.25) is 9.59 Å². The Labute approximate surface area is 212 Å². The van der Waals surface area contributed by atoms with Gasteiger partial charge in [-0.05, 0) is 59.9 Å². The van der Waals surface area contributed by atoms with Gasteiger partial charge in [-0.1, -0.05) is 68.9 Å². The highest BCUT2D eigenvalue weighted by atomic mass is 16.6. The van der Waals surface area contributed by atoms with Crippen LogP contribution in [0.15, 0.2) is 18.2 Å². The number of nitrogens with zero attached hydrogens (tertiary/aromatic N) is 1. The third-order valence-electron chi connectivity index (χ3n) is 5.59. The predicted octanol–water partition coefficient (Wildman–Crippen LogP) is 5.58. The number of aryl methyl sites for hydroxylation is 2. The summed E-state index contributed by atoms with van der Waals surface area (Å²) in [6, 6.07) is 4.37. The zero-order chi connectivity index (χ0) is 26.6. The van der Waals surface area contributed by atoms with E-state index in [1.807, 2.05) is 26.0 Å². The maximum Gasteiger partial charge on any atom is 0.408 e. The van der Waals surface area contributed by atoms with E-state index in [2.05, 4.69) is 30.5 Å². The molecule has 0 radical (unpaired) electrons. The van der Waals surface area contributed by atoms with Crippen molar-refractivity contribution < 1.29 is 19.1 Å². The van der Waals surface area contributed by atoms with Gasteiger partial charge in [-0.15, -0.1) is 0 Å². The molecule has 0 fully saturated rings. The Hall–Kier alpha value is -2.57. The lowest BCUT2D eigenvalue weighted by Gasteiger charge is -2.34. The standard InChI is InChI=1S/C28H47N3O4/c1-9-11-13-15-29-25(32)24(23-18-20(3)17-21(4)19-23)31(16-14-12-10-2)26(33)22(5)30-27(34)35-28(6,7)8/h17-19,22,24H,9-16H2,1-8H3,(H,29,32)(H,30,34). The topological polar surface area (TPSA) is 87.7 Å². The first-order valence-corrected chi connectivity index (χ1v) is 13.1. The molecular formula is C28H47N3O4. The molecule has 1 aromatic rings. The van der Waals surface area contributed by atoms with Crippen LogP contribution in [0.2, 0.25) is 0 Å². The van der Waals surface area contributed by atoms with E-state index in [9.17, 15) is 14.4 Å². The van der Waals surface area contributed by atoms with Crippen LogP contribution < -0.4 is 10.6 Å². The third kappa shape index (κ3) is 11.1. The van der Waals surface area contributed by atoms with Crippen LogP contribution in [0.25, 0.3) is 0 Å². The number of hydrogen-bond acceptors (Lipinski definition) is 4. The molecule has 2 N–H and O–H groups in total. The van der Waals surface area contributed by atoms with Crippen LogP contribution in [0.5, 0.6) is 0 Å². The largest absolute Gasteiger partial charge is 0.444 e. The Bertz CT molecular complexity index is 812. The number of carbonyl (C=O) groups excluding carboxylic acids is 3. The molecule has 0 aliphatic rings. The van der Waals surface area contributed by atoms with Gasteiger partial charge in [-0.2, -0.15) is 0 Å². The van der Waals surface area contributed by atoms with Gasteiger partial charge in [0.15, 0.2) is 0 Å². The highest BCUT2D eigenvalue weighted by Crippen LogP contribution is 2.25. The molecule has 7 nitrogen and oxygen atoms in total. The number of amides is 3. The zero-order valence-electron chi connectivity index (χ0n) is 23.1. The molecule has 0 aliphatic carbocycles. The highest BCUT2D eigenvalue weighted by Gasteiger charge is 2.34. The number of nitrogens with one attached hydrogen (secondary N) is 2. The Morgan fingerprint density at radius 1 is 0.943 bits per heavy atom. The lowest BCUT2D eigenvalue weighted by Crippen LogP contribution is -2.52. The van der Waals surface area contributed by atoms with Crippen molar-refractivity contribution in [1.82, 2.24) is 15.5 Å². The van der Waals surface area contributed by atoms with E-state index in [1.165, 1.54) is 0 Å². The van der Waals surface area contributed by atoms with Gasteiger partial charge in [-0.25, -0.2) is 4.79 Å². The van der Waals surface area contributed by atoms with E-state index in [0.717, 1.165) is 55.2 Å². The Morgan fingerprint density at radius 3 is 2.06 bits per heavy atom. The molecule has 1 rings (SSSR count). The van der Waals surface area contributed by atoms with Crippen molar-refractivity contribution in [3.05, 3.63) is 34.9 Å². The average Bonchev–Trinajstić information content (AvgIpc) is 2.73. The maximum atomic E-state index is 13.7. The normalized spacial score (nSPS) is 13.0. The first kappa shape index (κ1) is 30.5. The van der Waals surface area contributed by atoms with Crippen molar-refractivity contribution >= 4 is 17.9 Å². The minimum Gasteiger partial charge on any atom is -0.444 e. The van der Waals surface area contributed by atoms with Crippen molar-refractivity contribution in [1.29, 1.82) is 0 Å². The summed E-state index contributed by atoms with van der Waals surface area (Å²) in [5.74, 6) is -0.500. The van der Waals surface area contributed by atoms with Gasteiger partial charge < -0.3 is 20.3 Å². The third-order valence-corrected chi connectivity index (χ3v) is 5.59. The first-order valence-electron chi connectivity index (χ1n) is 13.1. The van der Waals surface area contributed by atoms with Crippen LogP contribution in [0.1, 0.15) is 103 Å². The maximum absolute atomic E-state index is 13.7. The van der Waals surface area contributed by atoms with E-state index in [4.69, 9.17) is 4.74 Å². The fourth-order valence-electron chi connectivity index (χ4n) is 4.02. The molecule has 2 atom stereocenters. The van der Waals surface area contributed by atoms with Crippen molar-refractivity contribution in [2.75, 3.05) is 13.1 Å². The molecular weight excluding hydrogens is 442 g/mol. The lowest BCUT2D eigenvalue weighted by molar-refractivity contribution is -0.142. The number of unbranched alkanes of at least 4 members (excludes halogenated alkanes) is 4. The first-order chi connectivity index (χ1) is 16.4. The van der Waals surface area contributed by atoms with Gasteiger partial charge >= 0.3 is 6.09 Å². The molecule has 0 spiro atoms. The molecule has 0 aliphatic heterocycles. The monoisotopic (exact) mass is 489 g/mol. The van der Waals surface area contributed by atoms with Crippen molar-refractivity contribution in [3.63, 3.8) is 0 Å². The molecule has 7 heteroatoms. The summed E-state index contributed by atoms with van der Waals surface area (Å²) in [6.45, 7) is 16.1. The second-order valence-electron chi connectivity index (χ2n) is 10.4. The molecule has 35 heavy (non-hydrogen) atoms. The van der Waals surface area contributed by atoms with Crippen molar-refractivity contribution in [2.24, 2.45) is 0 Å². The predicted molar refractivity (Wildman–Crippen MR) is 141 cm³/mol. The van der Waals surface area contributed by atoms with Crippen LogP contribution in [-0.2, 0) is 14.3 Å². The Kier molecular flexibility index (Phi) is 12.8. The Balaban J connectivity index is 3.30. The van der Waals surface area contributed by atoms with Gasteiger partial charge in [0.25, 0.3) is 0 Å². The molecule has 0 bridgehead atoms. The summed E-state index contributed by atoms with van der Waals surface area (Å²) < 4.78 is 5.34. The second-order valence-corrected chi connectivity index (χ2v) is 10.4. The summed E-state index contributed by atoms with van der Waals surface area (Å²) in [5, 5.41) is 5.70. The number of hydrogen-bond donors (Lipinski definition) is 2. The quantitative estimate of drug-likeness (QED) is 0.354. The number of alkyl carbamates (subject to hydrolysis) is 1. The molecule has 198 valence electrons. The highest BCUT2D eigenvalue weighted by molar-refractivity contribution is 5.92. The summed E-state index contributed by atoms with van der Waals surface area (Å²) >= 11 is 0. The van der Waals surface area contributed by atoms with Crippen LogP contribution in [0.4, 0.5) is 4.79 Å². The van der Waals surface area contributed by atoms with Crippen molar-refractivity contribution in [2.45, 2.75) is 112 Å². The van der Waals surface area contributed by atoms with E-state index in [0.29, 0.717) is 13.1 Å². The van der Waals surface area contributed by atoms with Gasteiger partial charge in [0.2, 0.25) is 11.8 Å². The molecule has 3 amide bonds. The van der Waals surface area contributed by atoms with Gasteiger partial charge in [0.05, 0.1) is 0 Å². The number of benzene rings is 1. The molecule has 1 aromatic carbocycles. The average molecular weight is 490 g/mol. The SMILES string of the molecule is CCCCCNC(=O)C(c1cc(C)cc(C)c1)N(CCCCC)C(=O)C(C)NC(=O)OC(C)(C)C. The van der Waals surface area contributed by atoms with E-state index in [-0.39, 0.29) is 11.8 Å². The number of ether oxygens (including phenoxy) is 1. The number of carbonyl (C=O) groups is 3. The van der Waals surface area contributed by atoms with Gasteiger partial charge in [0.1, 0.15) is 17.7 Å². The molecule has 0 saturated carbocycles. The zero-order valence-corrected chi connectivity index (χ0v) is 23.1. The van der Waals surface area contributed by atoms with E-state index < -0.39 is 23.8 Å². The fraction of sp³-hybridized carbons (Fsp3) is 0.679. The lowest BCUT2D eigenvalue weighted by atomic mass is 9.98. The van der Waals surface area contributed by atoms with Crippen LogP contribution in [-0.4, -0.2) is 47.5 Å². The summed E-state index contributed by atoms with van der Waals surface area (Å²) in [4.78, 5) is 41.2. The smallest absolute Gasteiger partial charge is 0.408 e. The summed E-state index contributed by atoms with van der Waals surface area (Å²) in [5.41, 5.74) is 2.17. The molecule has 2 unspecified atom stereocenters. The van der Waals surface area contributed by atoms with Crippen LogP contribution in [0.3, 0.4) is 0 Å². The fourth-order valence-corrected chi connectivity index (χ4v) is 4.02.